The van der Waals surface area contributed by atoms with E-state index in [1.54, 1.807) is 24.3 Å². The molecule has 5 heteroatoms. The molecular weight excluding hydrogens is 254 g/mol. The molecule has 1 aromatic heterocycles. The van der Waals surface area contributed by atoms with E-state index in [-0.39, 0.29) is 11.7 Å². The molecule has 0 spiro atoms. The van der Waals surface area contributed by atoms with Crippen molar-refractivity contribution in [2.45, 2.75) is 6.92 Å². The van der Waals surface area contributed by atoms with Crippen LogP contribution < -0.4 is 10.1 Å². The summed E-state index contributed by atoms with van der Waals surface area (Å²) in [5.74, 6) is 0.439. The van der Waals surface area contributed by atoms with E-state index in [9.17, 15) is 4.79 Å². The summed E-state index contributed by atoms with van der Waals surface area (Å²) in [4.78, 5) is 11.9. The first-order valence-electron chi connectivity index (χ1n) is 5.30. The van der Waals surface area contributed by atoms with Gasteiger partial charge in [0, 0.05) is 5.02 Å². The van der Waals surface area contributed by atoms with Crippen LogP contribution in [0.15, 0.2) is 34.9 Å². The van der Waals surface area contributed by atoms with Gasteiger partial charge < -0.3 is 14.5 Å². The van der Waals surface area contributed by atoms with Gasteiger partial charge >= 0.3 is 0 Å². The zero-order chi connectivity index (χ0) is 13.1. The van der Waals surface area contributed by atoms with Gasteiger partial charge in [-0.25, -0.2) is 0 Å². The summed E-state index contributed by atoms with van der Waals surface area (Å²) in [5.41, 5.74) is 1.39. The predicted octanol–water partition coefficient (Wildman–Crippen LogP) is 3.50. The van der Waals surface area contributed by atoms with Crippen molar-refractivity contribution in [2.75, 3.05) is 12.4 Å². The third-order valence-electron chi connectivity index (χ3n) is 2.36. The number of benzene rings is 1. The average molecular weight is 266 g/mol. The Balaban J connectivity index is 2.23. The number of amides is 1. The Morgan fingerprint density at radius 1 is 1.39 bits per heavy atom. The van der Waals surface area contributed by atoms with Crippen molar-refractivity contribution < 1.29 is 13.9 Å². The molecule has 1 aromatic carbocycles. The number of anilines is 1. The first-order valence-corrected chi connectivity index (χ1v) is 5.68. The van der Waals surface area contributed by atoms with Crippen molar-refractivity contribution in [1.29, 1.82) is 0 Å². The van der Waals surface area contributed by atoms with E-state index in [4.69, 9.17) is 20.8 Å². The molecule has 2 rings (SSSR count). The summed E-state index contributed by atoms with van der Waals surface area (Å²) < 4.78 is 10.3. The van der Waals surface area contributed by atoms with Crippen LogP contribution in [0.5, 0.6) is 5.75 Å². The molecule has 0 aliphatic heterocycles. The molecule has 0 unspecified atom stereocenters. The van der Waals surface area contributed by atoms with Crippen molar-refractivity contribution in [3.63, 3.8) is 0 Å². The summed E-state index contributed by atoms with van der Waals surface area (Å²) in [7, 11) is 1.52. The summed E-state index contributed by atoms with van der Waals surface area (Å²) in [6.07, 6.45) is 1.52. The second-order valence-corrected chi connectivity index (χ2v) is 4.22. The van der Waals surface area contributed by atoms with Gasteiger partial charge in [0.25, 0.3) is 5.91 Å². The molecular formula is C13H12ClNO3. The van der Waals surface area contributed by atoms with E-state index in [2.05, 4.69) is 5.32 Å². The molecule has 0 bridgehead atoms. The Kier molecular flexibility index (Phi) is 3.58. The number of aryl methyl sites for hydroxylation is 1. The van der Waals surface area contributed by atoms with Gasteiger partial charge in [0.2, 0.25) is 0 Å². The highest BCUT2D eigenvalue weighted by molar-refractivity contribution is 6.31. The van der Waals surface area contributed by atoms with Crippen molar-refractivity contribution in [3.05, 3.63) is 46.9 Å². The van der Waals surface area contributed by atoms with Gasteiger partial charge in [-0.3, -0.25) is 4.79 Å². The van der Waals surface area contributed by atoms with Crippen LogP contribution in [0.3, 0.4) is 0 Å². The number of ether oxygens (including phenoxy) is 1. The van der Waals surface area contributed by atoms with Crippen LogP contribution in [0, 0.1) is 6.92 Å². The molecule has 0 radical (unpaired) electrons. The SMILES string of the molecule is COc1ccc(Cl)cc1NC(=O)c1cc(C)co1. The minimum absolute atomic E-state index is 0.245. The van der Waals surface area contributed by atoms with E-state index in [0.29, 0.717) is 16.5 Å². The van der Waals surface area contributed by atoms with Crippen LogP contribution in [-0.2, 0) is 0 Å². The maximum atomic E-state index is 11.9. The molecule has 0 aliphatic rings. The zero-order valence-electron chi connectivity index (χ0n) is 9.99. The normalized spacial score (nSPS) is 10.2. The Labute approximate surface area is 110 Å². The van der Waals surface area contributed by atoms with Gasteiger partial charge in [-0.05, 0) is 36.8 Å². The first kappa shape index (κ1) is 12.5. The molecule has 0 saturated carbocycles. The lowest BCUT2D eigenvalue weighted by atomic mass is 10.2. The Hall–Kier alpha value is -1.94. The van der Waals surface area contributed by atoms with Crippen LogP contribution in [0.1, 0.15) is 16.1 Å². The number of furan rings is 1. The molecule has 0 fully saturated rings. The third-order valence-corrected chi connectivity index (χ3v) is 2.60. The lowest BCUT2D eigenvalue weighted by Crippen LogP contribution is -2.11. The fourth-order valence-electron chi connectivity index (χ4n) is 1.51. The Bertz CT molecular complexity index is 577. The highest BCUT2D eigenvalue weighted by Gasteiger charge is 2.13. The highest BCUT2D eigenvalue weighted by Crippen LogP contribution is 2.28. The summed E-state index contributed by atoms with van der Waals surface area (Å²) in [6.45, 7) is 1.85. The number of hydrogen-bond donors (Lipinski definition) is 1. The zero-order valence-corrected chi connectivity index (χ0v) is 10.7. The van der Waals surface area contributed by atoms with E-state index in [0.717, 1.165) is 5.56 Å². The fraction of sp³-hybridized carbons (Fsp3) is 0.154. The highest BCUT2D eigenvalue weighted by atomic mass is 35.5. The molecule has 4 nitrogen and oxygen atoms in total. The summed E-state index contributed by atoms with van der Waals surface area (Å²) in [6, 6.07) is 6.65. The molecule has 1 heterocycles. The summed E-state index contributed by atoms with van der Waals surface area (Å²) >= 11 is 5.88. The molecule has 94 valence electrons. The molecule has 2 aromatic rings. The topological polar surface area (TPSA) is 51.5 Å². The maximum Gasteiger partial charge on any atom is 0.291 e. The Morgan fingerprint density at radius 2 is 2.17 bits per heavy atom. The number of halogens is 1. The first-order chi connectivity index (χ1) is 8.60. The van der Waals surface area contributed by atoms with Crippen LogP contribution in [0.4, 0.5) is 5.69 Å². The number of carbonyl (C=O) groups excluding carboxylic acids is 1. The number of carbonyl (C=O) groups is 1. The third kappa shape index (κ3) is 2.65. The van der Waals surface area contributed by atoms with E-state index < -0.39 is 0 Å². The average Bonchev–Trinajstić information content (AvgIpc) is 2.76. The largest absolute Gasteiger partial charge is 0.495 e. The number of hydrogen-bond acceptors (Lipinski definition) is 3. The minimum atomic E-state index is -0.344. The maximum absolute atomic E-state index is 11.9. The smallest absolute Gasteiger partial charge is 0.291 e. The van der Waals surface area contributed by atoms with Crippen molar-refractivity contribution in [1.82, 2.24) is 0 Å². The molecule has 0 aliphatic carbocycles. The molecule has 1 amide bonds. The van der Waals surface area contributed by atoms with Gasteiger partial charge in [0.15, 0.2) is 5.76 Å². The number of methoxy groups -OCH3 is 1. The predicted molar refractivity (Wildman–Crippen MR) is 69.4 cm³/mol. The molecule has 18 heavy (non-hydrogen) atoms. The molecule has 0 saturated heterocycles. The lowest BCUT2D eigenvalue weighted by molar-refractivity contribution is 0.0996. The van der Waals surface area contributed by atoms with E-state index in [1.165, 1.54) is 13.4 Å². The van der Waals surface area contributed by atoms with Gasteiger partial charge in [0.1, 0.15) is 5.75 Å². The van der Waals surface area contributed by atoms with Gasteiger partial charge in [0.05, 0.1) is 19.1 Å². The lowest BCUT2D eigenvalue weighted by Gasteiger charge is -2.09. The monoisotopic (exact) mass is 265 g/mol. The second-order valence-electron chi connectivity index (χ2n) is 3.79. The number of rotatable bonds is 3. The van der Waals surface area contributed by atoms with Gasteiger partial charge in [-0.15, -0.1) is 0 Å². The molecule has 1 N–H and O–H groups in total. The van der Waals surface area contributed by atoms with Crippen LogP contribution in [0.25, 0.3) is 0 Å². The minimum Gasteiger partial charge on any atom is -0.495 e. The van der Waals surface area contributed by atoms with Crippen LogP contribution in [-0.4, -0.2) is 13.0 Å². The quantitative estimate of drug-likeness (QED) is 0.924. The number of nitrogens with one attached hydrogen (secondary N) is 1. The fourth-order valence-corrected chi connectivity index (χ4v) is 1.68. The van der Waals surface area contributed by atoms with E-state index in [1.807, 2.05) is 6.92 Å². The standard InChI is InChI=1S/C13H12ClNO3/c1-8-5-12(18-7-8)13(16)15-10-6-9(14)3-4-11(10)17-2/h3-7H,1-2H3,(H,15,16). The second kappa shape index (κ2) is 5.14. The Morgan fingerprint density at radius 3 is 2.78 bits per heavy atom. The van der Waals surface area contributed by atoms with Crippen LogP contribution in [0.2, 0.25) is 5.02 Å². The van der Waals surface area contributed by atoms with Crippen molar-refractivity contribution in [2.24, 2.45) is 0 Å². The van der Waals surface area contributed by atoms with Crippen LogP contribution >= 0.6 is 11.6 Å². The van der Waals surface area contributed by atoms with Gasteiger partial charge in [-0.1, -0.05) is 11.6 Å². The van der Waals surface area contributed by atoms with Gasteiger partial charge in [-0.2, -0.15) is 0 Å². The van der Waals surface area contributed by atoms with Crippen molar-refractivity contribution >= 4 is 23.2 Å². The van der Waals surface area contributed by atoms with E-state index >= 15 is 0 Å². The molecule has 0 atom stereocenters. The summed E-state index contributed by atoms with van der Waals surface area (Å²) in [5, 5.41) is 3.21. The van der Waals surface area contributed by atoms with Crippen molar-refractivity contribution in [3.8, 4) is 5.75 Å².